The predicted octanol–water partition coefficient (Wildman–Crippen LogP) is 4.38. The van der Waals surface area contributed by atoms with E-state index in [-0.39, 0.29) is 17.9 Å². The minimum atomic E-state index is -0.292. The lowest BCUT2D eigenvalue weighted by atomic mass is 9.92. The number of halogens is 1. The quantitative estimate of drug-likeness (QED) is 0.705. The van der Waals surface area contributed by atoms with Gasteiger partial charge in [0.1, 0.15) is 11.6 Å². The third-order valence-electron chi connectivity index (χ3n) is 5.31. The summed E-state index contributed by atoms with van der Waals surface area (Å²) in [6.07, 6.45) is 1.62. The molecule has 0 saturated carbocycles. The van der Waals surface area contributed by atoms with Crippen LogP contribution in [0.4, 0.5) is 9.18 Å². The van der Waals surface area contributed by atoms with Crippen LogP contribution in [0, 0.1) is 5.82 Å². The van der Waals surface area contributed by atoms with Gasteiger partial charge in [-0.25, -0.2) is 9.18 Å². The smallest absolute Gasteiger partial charge is 0.318 e. The normalized spacial score (nSPS) is 16.1. The summed E-state index contributed by atoms with van der Waals surface area (Å²) >= 11 is 0. The summed E-state index contributed by atoms with van der Waals surface area (Å²) in [6.45, 7) is 3.24. The number of ether oxygens (including phenoxy) is 1. The second-order valence-electron chi connectivity index (χ2n) is 7.06. The van der Waals surface area contributed by atoms with Crippen LogP contribution in [-0.2, 0) is 6.42 Å². The molecule has 2 N–H and O–H groups in total. The number of benzene rings is 2. The van der Waals surface area contributed by atoms with Gasteiger partial charge in [0.05, 0.1) is 13.2 Å². The zero-order valence-corrected chi connectivity index (χ0v) is 16.1. The number of nitrogens with zero attached hydrogens (tertiary/aromatic N) is 1. The Bertz CT molecular complexity index is 997. The van der Waals surface area contributed by atoms with E-state index >= 15 is 0 Å². The van der Waals surface area contributed by atoms with E-state index in [1.165, 1.54) is 17.7 Å². The molecule has 0 radical (unpaired) electrons. The molecule has 6 heteroatoms. The van der Waals surface area contributed by atoms with Gasteiger partial charge in [-0.2, -0.15) is 0 Å². The second-order valence-corrected chi connectivity index (χ2v) is 7.06. The van der Waals surface area contributed by atoms with Crippen LogP contribution in [0.3, 0.4) is 0 Å². The Morgan fingerprint density at radius 3 is 2.79 bits per heavy atom. The number of urea groups is 1. The number of nitrogens with one attached hydrogen (secondary N) is 2. The SMILES string of the molecule is CCCNC(=O)N1CCc2c([nH]c3ccc(OC)cc23)[C@@H]1c1ccc(F)cc1. The lowest BCUT2D eigenvalue weighted by Crippen LogP contribution is -2.46. The van der Waals surface area contributed by atoms with Crippen molar-refractivity contribution in [2.24, 2.45) is 0 Å². The van der Waals surface area contributed by atoms with Gasteiger partial charge < -0.3 is 19.9 Å². The molecule has 3 aromatic rings. The highest BCUT2D eigenvalue weighted by Gasteiger charge is 2.34. The number of amides is 2. The fourth-order valence-electron chi connectivity index (χ4n) is 3.94. The van der Waals surface area contributed by atoms with Gasteiger partial charge in [0.2, 0.25) is 0 Å². The van der Waals surface area contributed by atoms with Crippen LogP contribution >= 0.6 is 0 Å². The van der Waals surface area contributed by atoms with Crippen LogP contribution in [0.2, 0.25) is 0 Å². The van der Waals surface area contributed by atoms with E-state index in [0.717, 1.165) is 40.8 Å². The highest BCUT2D eigenvalue weighted by molar-refractivity contribution is 5.87. The Morgan fingerprint density at radius 1 is 1.29 bits per heavy atom. The van der Waals surface area contributed by atoms with E-state index in [1.807, 2.05) is 30.0 Å². The maximum Gasteiger partial charge on any atom is 0.318 e. The maximum absolute atomic E-state index is 13.5. The fraction of sp³-hybridized carbons (Fsp3) is 0.318. The van der Waals surface area contributed by atoms with Crippen molar-refractivity contribution in [1.29, 1.82) is 0 Å². The first-order chi connectivity index (χ1) is 13.6. The molecule has 0 fully saturated rings. The van der Waals surface area contributed by atoms with Gasteiger partial charge in [0, 0.05) is 29.7 Å². The van der Waals surface area contributed by atoms with E-state index < -0.39 is 0 Å². The summed E-state index contributed by atoms with van der Waals surface area (Å²) in [5.74, 6) is 0.513. The molecule has 0 aliphatic carbocycles. The predicted molar refractivity (Wildman–Crippen MR) is 107 cm³/mol. The van der Waals surface area contributed by atoms with Crippen LogP contribution in [0.25, 0.3) is 10.9 Å². The van der Waals surface area contributed by atoms with Gasteiger partial charge in [-0.3, -0.25) is 0 Å². The topological polar surface area (TPSA) is 57.4 Å². The Balaban J connectivity index is 1.83. The van der Waals surface area contributed by atoms with Crippen molar-refractivity contribution >= 4 is 16.9 Å². The summed E-state index contributed by atoms with van der Waals surface area (Å²) in [5.41, 5.74) is 4.05. The molecule has 0 saturated heterocycles. The molecule has 2 heterocycles. The highest BCUT2D eigenvalue weighted by atomic mass is 19.1. The zero-order valence-electron chi connectivity index (χ0n) is 16.1. The number of H-pyrrole nitrogens is 1. The van der Waals surface area contributed by atoms with Gasteiger partial charge in [0.15, 0.2) is 0 Å². The molecule has 2 aromatic carbocycles. The van der Waals surface area contributed by atoms with Crippen molar-refractivity contribution in [3.05, 3.63) is 65.1 Å². The first-order valence-corrected chi connectivity index (χ1v) is 9.60. The summed E-state index contributed by atoms with van der Waals surface area (Å²) in [6, 6.07) is 11.9. The molecule has 0 bridgehead atoms. The molecule has 1 atom stereocenters. The lowest BCUT2D eigenvalue weighted by Gasteiger charge is -2.36. The summed E-state index contributed by atoms with van der Waals surface area (Å²) in [7, 11) is 1.65. The monoisotopic (exact) mass is 381 g/mol. The second kappa shape index (κ2) is 7.54. The molecule has 5 nitrogen and oxygen atoms in total. The number of hydrogen-bond acceptors (Lipinski definition) is 2. The Hall–Kier alpha value is -3.02. The largest absolute Gasteiger partial charge is 0.497 e. The average Bonchev–Trinajstić information content (AvgIpc) is 3.09. The number of methoxy groups -OCH3 is 1. The maximum atomic E-state index is 13.5. The first kappa shape index (κ1) is 18.3. The van der Waals surface area contributed by atoms with Crippen LogP contribution in [-0.4, -0.2) is 36.1 Å². The molecule has 0 spiro atoms. The molecule has 146 valence electrons. The van der Waals surface area contributed by atoms with Crippen LogP contribution in [0.1, 0.15) is 36.2 Å². The Kier molecular flexibility index (Phi) is 4.94. The lowest BCUT2D eigenvalue weighted by molar-refractivity contribution is 0.179. The molecule has 1 aliphatic rings. The molecule has 1 aliphatic heterocycles. The van der Waals surface area contributed by atoms with Crippen molar-refractivity contribution in [2.75, 3.05) is 20.2 Å². The number of rotatable bonds is 4. The number of aromatic amines is 1. The van der Waals surface area contributed by atoms with Gasteiger partial charge in [-0.05, 0) is 54.3 Å². The van der Waals surface area contributed by atoms with E-state index in [9.17, 15) is 9.18 Å². The molecule has 2 amide bonds. The number of carbonyl (C=O) groups is 1. The van der Waals surface area contributed by atoms with E-state index in [4.69, 9.17) is 4.74 Å². The highest BCUT2D eigenvalue weighted by Crippen LogP contribution is 2.39. The van der Waals surface area contributed by atoms with Gasteiger partial charge >= 0.3 is 6.03 Å². The number of carbonyl (C=O) groups excluding carboxylic acids is 1. The molecular weight excluding hydrogens is 357 g/mol. The third kappa shape index (κ3) is 3.19. The molecule has 28 heavy (non-hydrogen) atoms. The molecule has 0 unspecified atom stereocenters. The van der Waals surface area contributed by atoms with Crippen molar-refractivity contribution in [2.45, 2.75) is 25.8 Å². The zero-order chi connectivity index (χ0) is 19.7. The average molecular weight is 381 g/mol. The Morgan fingerprint density at radius 2 is 2.07 bits per heavy atom. The van der Waals surface area contributed by atoms with E-state index in [0.29, 0.717) is 13.1 Å². The fourth-order valence-corrected chi connectivity index (χ4v) is 3.94. The van der Waals surface area contributed by atoms with E-state index in [1.54, 1.807) is 19.2 Å². The van der Waals surface area contributed by atoms with Gasteiger partial charge in [0.25, 0.3) is 0 Å². The molecular formula is C22H24FN3O2. The van der Waals surface area contributed by atoms with Crippen molar-refractivity contribution in [1.82, 2.24) is 15.2 Å². The summed E-state index contributed by atoms with van der Waals surface area (Å²) in [5, 5.41) is 4.08. The summed E-state index contributed by atoms with van der Waals surface area (Å²) in [4.78, 5) is 18.2. The van der Waals surface area contributed by atoms with Crippen LogP contribution in [0.15, 0.2) is 42.5 Å². The van der Waals surface area contributed by atoms with Gasteiger partial charge in [-0.1, -0.05) is 19.1 Å². The van der Waals surface area contributed by atoms with Crippen molar-refractivity contribution < 1.29 is 13.9 Å². The van der Waals surface area contributed by atoms with Crippen LogP contribution in [0.5, 0.6) is 5.75 Å². The summed E-state index contributed by atoms with van der Waals surface area (Å²) < 4.78 is 18.9. The minimum absolute atomic E-state index is 0.0990. The van der Waals surface area contributed by atoms with Gasteiger partial charge in [-0.15, -0.1) is 0 Å². The number of fused-ring (bicyclic) bond motifs is 3. The van der Waals surface area contributed by atoms with E-state index in [2.05, 4.69) is 10.3 Å². The third-order valence-corrected chi connectivity index (χ3v) is 5.31. The molecule has 1 aromatic heterocycles. The van der Waals surface area contributed by atoms with Crippen LogP contribution < -0.4 is 10.1 Å². The first-order valence-electron chi connectivity index (χ1n) is 9.60. The molecule has 4 rings (SSSR count). The Labute approximate surface area is 163 Å². The standard InChI is InChI=1S/C22H24FN3O2/c1-3-11-24-22(27)26-12-10-17-18-13-16(28-2)8-9-19(18)25-20(17)21(26)14-4-6-15(23)7-5-14/h4-9,13,21,25H,3,10-12H2,1-2H3,(H,24,27)/t21-/m0/s1. The van der Waals surface area contributed by atoms with Crippen molar-refractivity contribution in [3.8, 4) is 5.75 Å². The number of aromatic nitrogens is 1. The number of hydrogen-bond donors (Lipinski definition) is 2. The minimum Gasteiger partial charge on any atom is -0.497 e. The van der Waals surface area contributed by atoms with Crippen molar-refractivity contribution in [3.63, 3.8) is 0 Å².